The van der Waals surface area contributed by atoms with E-state index in [0.29, 0.717) is 0 Å². The minimum absolute atomic E-state index is 0.804. The Hall–Kier alpha value is -0.610. The molecule has 1 aliphatic heterocycles. The summed E-state index contributed by atoms with van der Waals surface area (Å²) in [7, 11) is 4.38. The smallest absolute Gasteiger partial charge is 0.131 e. The van der Waals surface area contributed by atoms with Gasteiger partial charge < -0.3 is 9.80 Å². The Kier molecular flexibility index (Phi) is 5.22. The number of hydrogen-bond donors (Lipinski definition) is 0. The van der Waals surface area contributed by atoms with E-state index in [1.807, 2.05) is 6.20 Å². The number of likely N-dealkylation sites (tertiary alicyclic amines) is 1. The van der Waals surface area contributed by atoms with Crippen LogP contribution in [0.4, 0.5) is 5.82 Å². The lowest BCUT2D eigenvalue weighted by Gasteiger charge is -2.32. The Bertz CT molecular complexity index is 414. The van der Waals surface area contributed by atoms with Gasteiger partial charge in [-0.05, 0) is 56.9 Å². The normalized spacial score (nSPS) is 17.7. The van der Waals surface area contributed by atoms with Crippen LogP contribution in [0.3, 0.4) is 0 Å². The lowest BCUT2D eigenvalue weighted by Crippen LogP contribution is -2.36. The molecule has 0 N–H and O–H groups in total. The first-order chi connectivity index (χ1) is 9.10. The number of aryl methyl sites for hydroxylation is 1. The van der Waals surface area contributed by atoms with Gasteiger partial charge in [0.05, 0.1) is 0 Å². The Morgan fingerprint density at radius 1 is 1.42 bits per heavy atom. The molecule has 19 heavy (non-hydrogen) atoms. The molecule has 0 radical (unpaired) electrons. The molecule has 3 nitrogen and oxygen atoms in total. The second-order valence-corrected chi connectivity index (χ2v) is 6.31. The van der Waals surface area contributed by atoms with Gasteiger partial charge in [0.2, 0.25) is 0 Å². The highest BCUT2D eigenvalue weighted by molar-refractivity contribution is 9.08. The van der Waals surface area contributed by atoms with E-state index in [-0.39, 0.29) is 0 Å². The van der Waals surface area contributed by atoms with Crippen LogP contribution in [0, 0.1) is 12.8 Å². The van der Waals surface area contributed by atoms with E-state index in [2.05, 4.69) is 57.8 Å². The number of hydrogen-bond acceptors (Lipinski definition) is 3. The van der Waals surface area contributed by atoms with E-state index in [1.54, 1.807) is 0 Å². The molecular weight excluding hydrogens is 302 g/mol. The average molecular weight is 326 g/mol. The molecule has 4 heteroatoms. The van der Waals surface area contributed by atoms with Gasteiger partial charge in [-0.2, -0.15) is 0 Å². The van der Waals surface area contributed by atoms with Gasteiger partial charge in [0, 0.05) is 25.1 Å². The molecular formula is C15H24BrN3. The van der Waals surface area contributed by atoms with Crippen molar-refractivity contribution in [1.29, 1.82) is 0 Å². The van der Waals surface area contributed by atoms with Crippen LogP contribution < -0.4 is 4.90 Å². The molecule has 0 bridgehead atoms. The molecule has 0 spiro atoms. The van der Waals surface area contributed by atoms with Crippen molar-refractivity contribution in [1.82, 2.24) is 9.88 Å². The summed E-state index contributed by atoms with van der Waals surface area (Å²) in [4.78, 5) is 9.36. The molecule has 0 amide bonds. The number of piperidine rings is 1. The number of nitrogens with zero attached hydrogens (tertiary/aromatic N) is 3. The van der Waals surface area contributed by atoms with Gasteiger partial charge in [-0.15, -0.1) is 0 Å². The van der Waals surface area contributed by atoms with Crippen molar-refractivity contribution in [3.8, 4) is 0 Å². The molecule has 2 rings (SSSR count). The fourth-order valence-corrected chi connectivity index (χ4v) is 3.12. The van der Waals surface area contributed by atoms with Crippen molar-refractivity contribution in [3.63, 3.8) is 0 Å². The predicted molar refractivity (Wildman–Crippen MR) is 85.1 cm³/mol. The fraction of sp³-hybridized carbons (Fsp3) is 0.667. The Labute approximate surface area is 125 Å². The van der Waals surface area contributed by atoms with Gasteiger partial charge in [-0.3, -0.25) is 0 Å². The topological polar surface area (TPSA) is 19.4 Å². The standard InChI is InChI=1S/C15H24BrN3/c1-12-8-14(9-16)10-17-15(12)19(3)11-13-4-6-18(2)7-5-13/h8,10,13H,4-7,9,11H2,1-3H3. The van der Waals surface area contributed by atoms with E-state index >= 15 is 0 Å². The molecule has 0 saturated carbocycles. The lowest BCUT2D eigenvalue weighted by atomic mass is 9.96. The summed E-state index contributed by atoms with van der Waals surface area (Å²) in [6.45, 7) is 5.73. The Balaban J connectivity index is 1.97. The van der Waals surface area contributed by atoms with Gasteiger partial charge in [-0.1, -0.05) is 22.0 Å². The quantitative estimate of drug-likeness (QED) is 0.793. The third kappa shape index (κ3) is 3.93. The largest absolute Gasteiger partial charge is 0.359 e. The summed E-state index contributed by atoms with van der Waals surface area (Å²) < 4.78 is 0. The molecule has 1 aliphatic rings. The van der Waals surface area contributed by atoms with Crippen LogP contribution in [0.25, 0.3) is 0 Å². The van der Waals surface area contributed by atoms with Crippen LogP contribution in [0.2, 0.25) is 0 Å². The van der Waals surface area contributed by atoms with Crippen molar-refractivity contribution < 1.29 is 0 Å². The van der Waals surface area contributed by atoms with Crippen molar-refractivity contribution >= 4 is 21.7 Å². The number of alkyl halides is 1. The fourth-order valence-electron chi connectivity index (χ4n) is 2.82. The second kappa shape index (κ2) is 6.71. The summed E-state index contributed by atoms with van der Waals surface area (Å²) in [5, 5.41) is 0.875. The first kappa shape index (κ1) is 14.8. The number of halogens is 1. The van der Waals surface area contributed by atoms with Crippen molar-refractivity contribution in [2.75, 3.05) is 38.6 Å². The number of pyridine rings is 1. The SMILES string of the molecule is Cc1cc(CBr)cnc1N(C)CC1CCN(C)CC1. The Morgan fingerprint density at radius 2 is 2.11 bits per heavy atom. The molecule has 1 aromatic heterocycles. The van der Waals surface area contributed by atoms with Crippen LogP contribution in [0.5, 0.6) is 0 Å². The maximum absolute atomic E-state index is 4.61. The summed E-state index contributed by atoms with van der Waals surface area (Å²) >= 11 is 3.48. The van der Waals surface area contributed by atoms with Crippen LogP contribution in [0.15, 0.2) is 12.3 Å². The first-order valence-electron chi connectivity index (χ1n) is 7.01. The second-order valence-electron chi connectivity index (χ2n) is 5.74. The zero-order chi connectivity index (χ0) is 13.8. The van der Waals surface area contributed by atoms with E-state index in [1.165, 1.54) is 37.1 Å². The molecule has 0 aromatic carbocycles. The Morgan fingerprint density at radius 3 is 2.68 bits per heavy atom. The zero-order valence-corrected chi connectivity index (χ0v) is 13.8. The number of anilines is 1. The van der Waals surface area contributed by atoms with Crippen molar-refractivity contribution in [2.45, 2.75) is 25.1 Å². The van der Waals surface area contributed by atoms with Crippen LogP contribution in [-0.2, 0) is 5.33 Å². The predicted octanol–water partition coefficient (Wildman–Crippen LogP) is 3.06. The van der Waals surface area contributed by atoms with Crippen LogP contribution >= 0.6 is 15.9 Å². The van der Waals surface area contributed by atoms with Gasteiger partial charge in [0.25, 0.3) is 0 Å². The zero-order valence-electron chi connectivity index (χ0n) is 12.2. The van der Waals surface area contributed by atoms with E-state index in [0.717, 1.165) is 23.6 Å². The first-order valence-corrected chi connectivity index (χ1v) is 8.13. The molecule has 1 aromatic rings. The third-order valence-corrected chi connectivity index (χ3v) is 4.64. The molecule has 0 atom stereocenters. The van der Waals surface area contributed by atoms with Gasteiger partial charge in [0.15, 0.2) is 0 Å². The van der Waals surface area contributed by atoms with E-state index < -0.39 is 0 Å². The van der Waals surface area contributed by atoms with Crippen molar-refractivity contribution in [2.24, 2.45) is 5.92 Å². The summed E-state index contributed by atoms with van der Waals surface area (Å²) in [5.74, 6) is 1.93. The van der Waals surface area contributed by atoms with Crippen LogP contribution in [-0.4, -0.2) is 43.6 Å². The maximum atomic E-state index is 4.61. The maximum Gasteiger partial charge on any atom is 0.131 e. The minimum Gasteiger partial charge on any atom is -0.359 e. The number of aromatic nitrogens is 1. The average Bonchev–Trinajstić information content (AvgIpc) is 2.41. The highest BCUT2D eigenvalue weighted by atomic mass is 79.9. The van der Waals surface area contributed by atoms with Crippen LogP contribution in [0.1, 0.15) is 24.0 Å². The van der Waals surface area contributed by atoms with Gasteiger partial charge in [0.1, 0.15) is 5.82 Å². The van der Waals surface area contributed by atoms with Crippen molar-refractivity contribution in [3.05, 3.63) is 23.4 Å². The highest BCUT2D eigenvalue weighted by Gasteiger charge is 2.19. The molecule has 0 unspecified atom stereocenters. The molecule has 2 heterocycles. The highest BCUT2D eigenvalue weighted by Crippen LogP contribution is 2.22. The third-order valence-electron chi connectivity index (χ3n) is 3.99. The minimum atomic E-state index is 0.804. The monoisotopic (exact) mass is 325 g/mol. The molecule has 0 aliphatic carbocycles. The lowest BCUT2D eigenvalue weighted by molar-refractivity contribution is 0.222. The molecule has 106 valence electrons. The molecule has 1 saturated heterocycles. The van der Waals surface area contributed by atoms with E-state index in [9.17, 15) is 0 Å². The summed E-state index contributed by atoms with van der Waals surface area (Å²) in [5.41, 5.74) is 2.52. The van der Waals surface area contributed by atoms with Gasteiger partial charge in [-0.25, -0.2) is 4.98 Å². The number of rotatable bonds is 4. The summed E-state index contributed by atoms with van der Waals surface area (Å²) in [6.07, 6.45) is 4.58. The van der Waals surface area contributed by atoms with E-state index in [4.69, 9.17) is 0 Å². The van der Waals surface area contributed by atoms with Gasteiger partial charge >= 0.3 is 0 Å². The molecule has 1 fully saturated rings. The summed E-state index contributed by atoms with van der Waals surface area (Å²) in [6, 6.07) is 2.22.